The monoisotopic (exact) mass is 517 g/mol. The maximum Gasteiger partial charge on any atom is 0.226 e. The van der Waals surface area contributed by atoms with Crippen molar-refractivity contribution in [3.8, 4) is 11.6 Å². The third-order valence-electron chi connectivity index (χ3n) is 7.46. The van der Waals surface area contributed by atoms with Crippen molar-refractivity contribution in [2.24, 2.45) is 5.73 Å². The molecule has 0 atom stereocenters. The third-order valence-corrected chi connectivity index (χ3v) is 7.71. The number of nitrogens with zero attached hydrogens (tertiary/aromatic N) is 2. The number of fused-ring (bicyclic) bond motifs is 2. The predicted octanol–water partition coefficient (Wildman–Crippen LogP) is 5.26. The number of primary amides is 1. The van der Waals surface area contributed by atoms with Crippen molar-refractivity contribution >= 4 is 23.1 Å². The van der Waals surface area contributed by atoms with Crippen LogP contribution >= 0.6 is 11.6 Å². The van der Waals surface area contributed by atoms with Crippen molar-refractivity contribution in [3.63, 3.8) is 0 Å². The van der Waals surface area contributed by atoms with Gasteiger partial charge in [-0.1, -0.05) is 41.9 Å². The van der Waals surface area contributed by atoms with Gasteiger partial charge in [0.2, 0.25) is 11.8 Å². The summed E-state index contributed by atoms with van der Waals surface area (Å²) < 4.78 is 6.23. The molecule has 0 unspecified atom stereocenters. The van der Waals surface area contributed by atoms with Crippen LogP contribution in [0.3, 0.4) is 0 Å². The molecule has 0 radical (unpaired) electrons. The molecule has 5 rings (SSSR count). The lowest BCUT2D eigenvalue weighted by Crippen LogP contribution is -2.42. The zero-order valence-electron chi connectivity index (χ0n) is 20.8. The number of piperidine rings is 1. The first-order valence-electron chi connectivity index (χ1n) is 12.8. The van der Waals surface area contributed by atoms with Crippen LogP contribution in [0.5, 0.6) is 11.6 Å². The highest BCUT2D eigenvalue weighted by molar-refractivity contribution is 6.30. The summed E-state index contributed by atoms with van der Waals surface area (Å²) in [5.41, 5.74) is 9.88. The van der Waals surface area contributed by atoms with E-state index in [0.29, 0.717) is 43.0 Å². The number of hydrogen-bond donors (Lipinski definition) is 2. The lowest BCUT2D eigenvalue weighted by molar-refractivity contribution is -0.118. The minimum atomic E-state index is -0.798. The molecule has 2 aliphatic rings. The SMILES string of the molecule is NC(=O)CCc1cccc2c1CC(=CCCN1CCC(O)(c3ccc(Cl)cc3)CC1)c1cccnc1O2. The fraction of sp³-hybridized carbons (Fsp3) is 0.333. The molecule has 1 amide bonds. The number of carbonyl (C=O) groups excluding carboxylic acids is 1. The number of nitrogens with two attached hydrogens (primary N) is 1. The van der Waals surface area contributed by atoms with Crippen molar-refractivity contribution in [2.45, 2.75) is 44.1 Å². The number of aliphatic hydroxyl groups is 1. The van der Waals surface area contributed by atoms with Gasteiger partial charge in [-0.2, -0.15) is 0 Å². The van der Waals surface area contributed by atoms with Crippen LogP contribution in [0.15, 0.2) is 66.9 Å². The van der Waals surface area contributed by atoms with E-state index in [2.05, 4.69) is 22.0 Å². The van der Waals surface area contributed by atoms with Gasteiger partial charge in [-0.25, -0.2) is 4.98 Å². The molecule has 0 saturated carbocycles. The smallest absolute Gasteiger partial charge is 0.226 e. The van der Waals surface area contributed by atoms with Gasteiger partial charge >= 0.3 is 0 Å². The highest BCUT2D eigenvalue weighted by Crippen LogP contribution is 2.39. The van der Waals surface area contributed by atoms with E-state index in [1.54, 1.807) is 6.20 Å². The molecule has 1 aromatic heterocycles. The first-order valence-corrected chi connectivity index (χ1v) is 13.2. The molecular formula is C30H32ClN3O3. The quantitative estimate of drug-likeness (QED) is 0.446. The number of carbonyl (C=O) groups is 1. The van der Waals surface area contributed by atoms with E-state index in [-0.39, 0.29) is 5.91 Å². The van der Waals surface area contributed by atoms with Crippen molar-refractivity contribution in [2.75, 3.05) is 19.6 Å². The molecule has 7 heteroatoms. The van der Waals surface area contributed by atoms with Crippen molar-refractivity contribution in [1.82, 2.24) is 9.88 Å². The number of rotatable bonds is 7. The average molecular weight is 518 g/mol. The topological polar surface area (TPSA) is 88.7 Å². The molecule has 192 valence electrons. The van der Waals surface area contributed by atoms with Crippen molar-refractivity contribution in [1.29, 1.82) is 0 Å². The Kier molecular flexibility index (Phi) is 7.60. The van der Waals surface area contributed by atoms with Gasteiger partial charge in [-0.05, 0) is 72.7 Å². The molecule has 37 heavy (non-hydrogen) atoms. The van der Waals surface area contributed by atoms with Crippen molar-refractivity contribution in [3.05, 3.63) is 94.1 Å². The Balaban J connectivity index is 1.29. The van der Waals surface area contributed by atoms with Crippen LogP contribution in [-0.2, 0) is 23.2 Å². The summed E-state index contributed by atoms with van der Waals surface area (Å²) in [5.74, 6) is 1.07. The molecule has 1 fully saturated rings. The number of pyridine rings is 1. The van der Waals surface area contributed by atoms with E-state index in [9.17, 15) is 9.90 Å². The van der Waals surface area contributed by atoms with Gasteiger partial charge in [0.25, 0.3) is 0 Å². The van der Waals surface area contributed by atoms with Crippen LogP contribution in [0.2, 0.25) is 5.02 Å². The molecule has 0 bridgehead atoms. The molecule has 3 aromatic rings. The number of aryl methyl sites for hydroxylation is 1. The number of benzene rings is 2. The first-order chi connectivity index (χ1) is 17.9. The fourth-order valence-electron chi connectivity index (χ4n) is 5.30. The number of allylic oxidation sites excluding steroid dienone is 1. The molecule has 1 saturated heterocycles. The standard InChI is InChI=1S/C30H32ClN3O3/c31-24-11-9-23(10-12-24)30(36)14-18-34(19-15-30)17-3-5-22-20-26-21(8-13-28(32)35)4-1-7-27(26)37-29-25(22)6-2-16-33-29/h1-2,4-7,9-12,16,36H,3,8,13-15,17-20H2,(H2,32,35). The Hall–Kier alpha value is -3.19. The van der Waals surface area contributed by atoms with Crippen LogP contribution in [0.25, 0.3) is 5.57 Å². The van der Waals surface area contributed by atoms with Gasteiger partial charge in [0.1, 0.15) is 5.75 Å². The maximum absolute atomic E-state index is 11.4. The molecule has 2 aromatic carbocycles. The van der Waals surface area contributed by atoms with Crippen LogP contribution in [-0.4, -0.2) is 40.5 Å². The molecular weight excluding hydrogens is 486 g/mol. The number of likely N-dealkylation sites (tertiary alicyclic amines) is 1. The Morgan fingerprint density at radius 3 is 2.68 bits per heavy atom. The highest BCUT2D eigenvalue weighted by atomic mass is 35.5. The second kappa shape index (κ2) is 11.1. The number of hydrogen-bond acceptors (Lipinski definition) is 5. The number of ether oxygens (including phenoxy) is 1. The molecule has 2 aliphatic heterocycles. The molecule has 0 spiro atoms. The van der Waals surface area contributed by atoms with E-state index >= 15 is 0 Å². The maximum atomic E-state index is 11.4. The number of aromatic nitrogens is 1. The molecule has 3 N–H and O–H groups in total. The summed E-state index contributed by atoms with van der Waals surface area (Å²) in [6.45, 7) is 2.58. The van der Waals surface area contributed by atoms with E-state index in [1.165, 1.54) is 5.57 Å². The lowest BCUT2D eigenvalue weighted by Gasteiger charge is -2.38. The summed E-state index contributed by atoms with van der Waals surface area (Å²) >= 11 is 6.02. The summed E-state index contributed by atoms with van der Waals surface area (Å²) in [7, 11) is 0. The molecule has 6 nitrogen and oxygen atoms in total. The van der Waals surface area contributed by atoms with E-state index < -0.39 is 5.60 Å². The van der Waals surface area contributed by atoms with Crippen LogP contribution in [0.4, 0.5) is 0 Å². The Labute approximate surface area is 222 Å². The third kappa shape index (κ3) is 5.87. The Morgan fingerprint density at radius 2 is 1.92 bits per heavy atom. The lowest BCUT2D eigenvalue weighted by atomic mass is 9.84. The van der Waals surface area contributed by atoms with Gasteiger partial charge in [-0.3, -0.25) is 4.79 Å². The zero-order chi connectivity index (χ0) is 25.8. The predicted molar refractivity (Wildman–Crippen MR) is 146 cm³/mol. The minimum Gasteiger partial charge on any atom is -0.438 e. The van der Waals surface area contributed by atoms with Gasteiger partial charge < -0.3 is 20.5 Å². The largest absolute Gasteiger partial charge is 0.438 e. The van der Waals surface area contributed by atoms with E-state index in [0.717, 1.165) is 54.1 Å². The van der Waals surface area contributed by atoms with E-state index in [4.69, 9.17) is 22.1 Å². The summed E-state index contributed by atoms with van der Waals surface area (Å²) in [6.07, 6.45) is 7.89. The van der Waals surface area contributed by atoms with Crippen LogP contribution in [0, 0.1) is 0 Å². The fourth-order valence-corrected chi connectivity index (χ4v) is 5.43. The van der Waals surface area contributed by atoms with Gasteiger partial charge in [0.05, 0.1) is 5.60 Å². The summed E-state index contributed by atoms with van der Waals surface area (Å²) in [5, 5.41) is 11.9. The normalized spacial score (nSPS) is 17.9. The van der Waals surface area contributed by atoms with Gasteiger partial charge in [0.15, 0.2) is 0 Å². The second-order valence-corrected chi connectivity index (χ2v) is 10.3. The first kappa shape index (κ1) is 25.5. The summed E-state index contributed by atoms with van der Waals surface area (Å²) in [6, 6.07) is 17.5. The van der Waals surface area contributed by atoms with Gasteiger partial charge in [0, 0.05) is 54.8 Å². The van der Waals surface area contributed by atoms with Crippen LogP contribution in [0.1, 0.15) is 47.9 Å². The molecule has 0 aliphatic carbocycles. The minimum absolute atomic E-state index is 0.304. The highest BCUT2D eigenvalue weighted by Gasteiger charge is 2.33. The number of halogens is 1. The Morgan fingerprint density at radius 1 is 1.14 bits per heavy atom. The van der Waals surface area contributed by atoms with Gasteiger partial charge in [-0.15, -0.1) is 0 Å². The second-order valence-electron chi connectivity index (χ2n) is 9.89. The van der Waals surface area contributed by atoms with Crippen LogP contribution < -0.4 is 10.5 Å². The number of amides is 1. The Bertz CT molecular complexity index is 1300. The average Bonchev–Trinajstić information content (AvgIpc) is 3.06. The summed E-state index contributed by atoms with van der Waals surface area (Å²) in [4.78, 5) is 18.3. The zero-order valence-corrected chi connectivity index (χ0v) is 21.6. The van der Waals surface area contributed by atoms with Crippen molar-refractivity contribution < 1.29 is 14.6 Å². The van der Waals surface area contributed by atoms with E-state index in [1.807, 2.05) is 48.5 Å². The molecule has 3 heterocycles.